The molecule has 3 atom stereocenters. The molecular weight excluding hydrogens is 641 g/mol. The van der Waals surface area contributed by atoms with Gasteiger partial charge >= 0.3 is 0 Å². The molecule has 2 heteroatoms. The van der Waals surface area contributed by atoms with E-state index in [1.54, 1.807) is 16.8 Å². The van der Waals surface area contributed by atoms with Crippen LogP contribution in [-0.4, -0.2) is 10.6 Å². The van der Waals surface area contributed by atoms with Crippen molar-refractivity contribution in [1.29, 1.82) is 0 Å². The van der Waals surface area contributed by atoms with E-state index in [0.717, 1.165) is 19.3 Å². The molecule has 0 fully saturated rings. The van der Waals surface area contributed by atoms with Crippen LogP contribution in [0.5, 0.6) is 0 Å². The van der Waals surface area contributed by atoms with Gasteiger partial charge in [-0.25, -0.2) is 0 Å². The van der Waals surface area contributed by atoms with Crippen LogP contribution in [0.1, 0.15) is 53.9 Å². The van der Waals surface area contributed by atoms with Gasteiger partial charge in [0, 0.05) is 38.8 Å². The highest BCUT2D eigenvalue weighted by atomic mass is 15.2. The second kappa shape index (κ2) is 10.9. The zero-order valence-corrected chi connectivity index (χ0v) is 31.4. The zero-order valence-electron chi connectivity index (χ0n) is 31.4. The maximum absolute atomic E-state index is 2.78. The van der Waals surface area contributed by atoms with Crippen LogP contribution in [0.25, 0.3) is 61.7 Å². The van der Waals surface area contributed by atoms with Crippen LogP contribution in [0.4, 0.5) is 11.4 Å². The van der Waals surface area contributed by atoms with Crippen LogP contribution in [0.2, 0.25) is 0 Å². The molecule has 0 saturated carbocycles. The Kier molecular flexibility index (Phi) is 6.39. The Morgan fingerprint density at radius 1 is 0.660 bits per heavy atom. The summed E-state index contributed by atoms with van der Waals surface area (Å²) in [5, 5.41) is 11.1. The fraction of sp³-hybridized carbons (Fsp3) is 0.255. The lowest BCUT2D eigenvalue weighted by Gasteiger charge is -2.51. The van der Waals surface area contributed by atoms with E-state index in [9.17, 15) is 0 Å². The minimum absolute atomic E-state index is 0.0784. The second-order valence-electron chi connectivity index (χ2n) is 17.3. The first-order valence-electron chi connectivity index (χ1n) is 19.7. The first-order chi connectivity index (χ1) is 25.7. The molecule has 11 rings (SSSR count). The normalized spacial score (nSPS) is 22.8. The van der Waals surface area contributed by atoms with E-state index in [1.807, 2.05) is 0 Å². The molecule has 0 saturated heterocycles. The second-order valence-corrected chi connectivity index (χ2v) is 17.3. The minimum Gasteiger partial charge on any atom is -0.334 e. The Morgan fingerprint density at radius 3 is 2.06 bits per heavy atom. The standard InChI is InChI=1S/C51H46N2/c1-31-17-26-44-49-46(31)51(4,5)43-16-10-15-41-42-29-40(30-45(50(44,2)3)48(42)53(49)47(41)43)52(39-25-22-33-12-7-9-14-36(33)28-39)38-23-20-34(21-24-38)37-19-18-32-11-6-8-13-35(32)27-37/h6-9,11-15,17-29,31,40,46H,10,16,30H2,1-5H3. The summed E-state index contributed by atoms with van der Waals surface area (Å²) in [6, 6.07) is 40.8. The van der Waals surface area contributed by atoms with Crippen molar-refractivity contribution < 1.29 is 0 Å². The maximum atomic E-state index is 2.78. The average molecular weight is 687 g/mol. The topological polar surface area (TPSA) is 8.17 Å². The Bertz CT molecular complexity index is 2890. The van der Waals surface area contributed by atoms with Gasteiger partial charge in [-0.05, 0) is 110 Å². The lowest BCUT2D eigenvalue weighted by Crippen LogP contribution is -2.53. The number of rotatable bonds is 4. The van der Waals surface area contributed by atoms with Gasteiger partial charge in [-0.2, -0.15) is 0 Å². The molecular formula is C51H46N2. The highest BCUT2D eigenvalue weighted by Gasteiger charge is 2.50. The third-order valence-electron chi connectivity index (χ3n) is 13.8. The predicted octanol–water partition coefficient (Wildman–Crippen LogP) is 9.84. The summed E-state index contributed by atoms with van der Waals surface area (Å²) in [6.07, 6.45) is 13.5. The Morgan fingerprint density at radius 2 is 1.30 bits per heavy atom. The van der Waals surface area contributed by atoms with E-state index >= 15 is 0 Å². The van der Waals surface area contributed by atoms with E-state index in [1.165, 1.54) is 70.8 Å². The van der Waals surface area contributed by atoms with Crippen molar-refractivity contribution in [3.05, 3.63) is 148 Å². The quantitative estimate of drug-likeness (QED) is 0.179. The van der Waals surface area contributed by atoms with E-state index in [-0.39, 0.29) is 16.9 Å². The zero-order chi connectivity index (χ0) is 35.8. The molecule has 53 heavy (non-hydrogen) atoms. The Hall–Kier alpha value is -5.34. The molecule has 1 aromatic heterocycles. The molecule has 0 amide bonds. The predicted molar refractivity (Wildman–Crippen MR) is 224 cm³/mol. The monoisotopic (exact) mass is 686 g/mol. The number of anilines is 2. The number of aromatic nitrogens is 1. The van der Waals surface area contributed by atoms with Crippen molar-refractivity contribution in [3.63, 3.8) is 0 Å². The molecule has 2 aliphatic heterocycles. The van der Waals surface area contributed by atoms with Crippen molar-refractivity contribution >= 4 is 61.9 Å². The first kappa shape index (κ1) is 31.2. The van der Waals surface area contributed by atoms with Gasteiger partial charge in [-0.3, -0.25) is 0 Å². The molecule has 0 radical (unpaired) electrons. The molecule has 3 unspecified atom stereocenters. The smallest absolute Gasteiger partial charge is 0.0570 e. The van der Waals surface area contributed by atoms with Crippen LogP contribution < -0.4 is 26.0 Å². The highest BCUT2D eigenvalue weighted by molar-refractivity contribution is 5.90. The van der Waals surface area contributed by atoms with Crippen LogP contribution in [0.3, 0.4) is 0 Å². The van der Waals surface area contributed by atoms with Gasteiger partial charge in [0.15, 0.2) is 0 Å². The van der Waals surface area contributed by atoms with E-state index in [0.29, 0.717) is 11.8 Å². The van der Waals surface area contributed by atoms with Crippen LogP contribution in [0.15, 0.2) is 127 Å². The molecule has 3 aliphatic carbocycles. The van der Waals surface area contributed by atoms with E-state index in [2.05, 4.69) is 178 Å². The third kappa shape index (κ3) is 4.27. The van der Waals surface area contributed by atoms with Crippen molar-refractivity contribution in [2.75, 3.05) is 4.90 Å². The van der Waals surface area contributed by atoms with Gasteiger partial charge in [0.25, 0.3) is 0 Å². The lowest BCUT2D eigenvalue weighted by atomic mass is 9.58. The number of hydrogen-bond acceptors (Lipinski definition) is 1. The molecule has 0 bridgehead atoms. The van der Waals surface area contributed by atoms with E-state index in [4.69, 9.17) is 0 Å². The summed E-state index contributed by atoms with van der Waals surface area (Å²) in [5.74, 6) is 0.997. The minimum atomic E-state index is -0.0784. The summed E-state index contributed by atoms with van der Waals surface area (Å²) in [4.78, 5) is 2.63. The molecule has 6 aromatic rings. The van der Waals surface area contributed by atoms with Gasteiger partial charge in [0.1, 0.15) is 0 Å². The molecule has 0 N–H and O–H groups in total. The summed E-state index contributed by atoms with van der Waals surface area (Å²) < 4.78 is 2.78. The summed E-state index contributed by atoms with van der Waals surface area (Å²) in [5.41, 5.74) is 11.4. The van der Waals surface area contributed by atoms with Gasteiger partial charge in [0.2, 0.25) is 0 Å². The largest absolute Gasteiger partial charge is 0.334 e. The number of fused-ring (bicyclic) bond motifs is 3. The number of nitrogens with zero attached hydrogens (tertiary/aromatic N) is 2. The highest BCUT2D eigenvalue weighted by Crippen LogP contribution is 2.56. The number of allylic oxidation sites excluding steroid dienone is 4. The van der Waals surface area contributed by atoms with Gasteiger partial charge in [-0.15, -0.1) is 0 Å². The van der Waals surface area contributed by atoms with Crippen LogP contribution in [-0.2, 0) is 0 Å². The van der Waals surface area contributed by atoms with Crippen molar-refractivity contribution in [2.24, 2.45) is 22.7 Å². The summed E-state index contributed by atoms with van der Waals surface area (Å²) in [7, 11) is 0. The Balaban J connectivity index is 1.13. The van der Waals surface area contributed by atoms with Gasteiger partial charge in [0.05, 0.1) is 16.7 Å². The van der Waals surface area contributed by atoms with Gasteiger partial charge < -0.3 is 9.47 Å². The molecule has 2 nitrogen and oxygen atoms in total. The van der Waals surface area contributed by atoms with Crippen molar-refractivity contribution in [3.8, 4) is 11.1 Å². The number of hydrogen-bond donors (Lipinski definition) is 0. The molecule has 5 aliphatic rings. The van der Waals surface area contributed by atoms with Crippen molar-refractivity contribution in [1.82, 2.24) is 4.57 Å². The Labute approximate surface area is 312 Å². The van der Waals surface area contributed by atoms with Crippen LogP contribution in [0, 0.1) is 22.7 Å². The molecule has 3 heterocycles. The summed E-state index contributed by atoms with van der Waals surface area (Å²) >= 11 is 0. The molecule has 5 aromatic carbocycles. The van der Waals surface area contributed by atoms with Crippen LogP contribution >= 0.6 is 0 Å². The van der Waals surface area contributed by atoms with Gasteiger partial charge in [-0.1, -0.05) is 138 Å². The maximum Gasteiger partial charge on any atom is 0.0570 e. The first-order valence-corrected chi connectivity index (χ1v) is 19.7. The fourth-order valence-corrected chi connectivity index (χ4v) is 11.2. The summed E-state index contributed by atoms with van der Waals surface area (Å²) in [6.45, 7) is 12.6. The number of benzene rings is 5. The van der Waals surface area contributed by atoms with Crippen molar-refractivity contribution in [2.45, 2.75) is 59.9 Å². The average Bonchev–Trinajstić information content (AvgIpc) is 3.51. The molecule has 260 valence electrons. The fourth-order valence-electron chi connectivity index (χ4n) is 11.2. The molecule has 0 spiro atoms. The van der Waals surface area contributed by atoms with E-state index < -0.39 is 0 Å². The SMILES string of the molecule is CC1C=CC2=C3C1C(C)(C)C1=c4c(c5c(n43)=C(CC(N(c3ccc(-c4ccc6ccccc6c4)cc3)c3ccc4ccccc4c3)C=5)C2(C)C)=CCC1. The third-order valence-corrected chi connectivity index (χ3v) is 13.8. The lowest BCUT2D eigenvalue weighted by molar-refractivity contribution is 0.276.